The quantitative estimate of drug-likeness (QED) is 0.875. The van der Waals surface area contributed by atoms with E-state index in [4.69, 9.17) is 9.84 Å². The fraction of sp³-hybridized carbons (Fsp3) is 0.429. The normalized spacial score (nSPS) is 22.2. The van der Waals surface area contributed by atoms with Crippen molar-refractivity contribution in [1.29, 1.82) is 0 Å². The van der Waals surface area contributed by atoms with Crippen molar-refractivity contribution in [2.45, 2.75) is 26.4 Å². The zero-order valence-electron chi connectivity index (χ0n) is 11.0. The molecule has 1 fully saturated rings. The number of carbonyl (C=O) groups is 2. The van der Waals surface area contributed by atoms with Crippen molar-refractivity contribution in [3.8, 4) is 0 Å². The number of carboxylic acids is 1. The van der Waals surface area contributed by atoms with Crippen LogP contribution in [0.5, 0.6) is 0 Å². The molecule has 0 aromatic heterocycles. The Labute approximate surface area is 111 Å². The molecule has 2 N–H and O–H groups in total. The van der Waals surface area contributed by atoms with Gasteiger partial charge in [-0.05, 0) is 38.0 Å². The van der Waals surface area contributed by atoms with Gasteiger partial charge < -0.3 is 15.2 Å². The standard InChI is InChI=1S/C14H17NO4/c1-8-6-10(7-19-8)13(16)15-12-5-3-4-11(9(12)2)14(17)18/h3-5,8,10H,6-7H2,1-2H3,(H,15,16)(H,17,18). The molecular formula is C14H17NO4. The Bertz CT molecular complexity index is 512. The van der Waals surface area contributed by atoms with E-state index in [9.17, 15) is 9.59 Å². The number of aromatic carboxylic acids is 1. The van der Waals surface area contributed by atoms with E-state index < -0.39 is 5.97 Å². The molecule has 1 saturated heterocycles. The molecule has 2 unspecified atom stereocenters. The third-order valence-electron chi connectivity index (χ3n) is 3.39. The lowest BCUT2D eigenvalue weighted by Crippen LogP contribution is -2.23. The van der Waals surface area contributed by atoms with E-state index in [0.29, 0.717) is 24.3 Å². The maximum absolute atomic E-state index is 12.1. The Balaban J connectivity index is 2.13. The molecule has 1 amide bonds. The van der Waals surface area contributed by atoms with E-state index in [0.717, 1.165) is 0 Å². The highest BCUT2D eigenvalue weighted by Gasteiger charge is 2.28. The average molecular weight is 263 g/mol. The summed E-state index contributed by atoms with van der Waals surface area (Å²) in [6.45, 7) is 4.04. The second-order valence-corrected chi connectivity index (χ2v) is 4.85. The summed E-state index contributed by atoms with van der Waals surface area (Å²) in [5, 5.41) is 11.8. The number of carbonyl (C=O) groups excluding carboxylic acids is 1. The summed E-state index contributed by atoms with van der Waals surface area (Å²) in [5.74, 6) is -1.27. The molecule has 0 aliphatic carbocycles. The van der Waals surface area contributed by atoms with E-state index >= 15 is 0 Å². The lowest BCUT2D eigenvalue weighted by atomic mass is 10.0. The maximum Gasteiger partial charge on any atom is 0.336 e. The zero-order chi connectivity index (χ0) is 14.0. The molecule has 0 spiro atoms. The average Bonchev–Trinajstić information content (AvgIpc) is 2.78. The summed E-state index contributed by atoms with van der Waals surface area (Å²) in [4.78, 5) is 23.1. The van der Waals surface area contributed by atoms with Crippen LogP contribution in [0, 0.1) is 12.8 Å². The number of benzene rings is 1. The summed E-state index contributed by atoms with van der Waals surface area (Å²) < 4.78 is 5.36. The van der Waals surface area contributed by atoms with Gasteiger partial charge in [0.15, 0.2) is 0 Å². The van der Waals surface area contributed by atoms with E-state index in [1.165, 1.54) is 6.07 Å². The van der Waals surface area contributed by atoms with Crippen molar-refractivity contribution < 1.29 is 19.4 Å². The van der Waals surface area contributed by atoms with Crippen molar-refractivity contribution in [3.05, 3.63) is 29.3 Å². The second kappa shape index (κ2) is 5.40. The molecule has 5 heteroatoms. The summed E-state index contributed by atoms with van der Waals surface area (Å²) in [7, 11) is 0. The number of hydrogen-bond donors (Lipinski definition) is 2. The fourth-order valence-corrected chi connectivity index (χ4v) is 2.24. The van der Waals surface area contributed by atoms with E-state index in [1.54, 1.807) is 19.1 Å². The van der Waals surface area contributed by atoms with Gasteiger partial charge in [-0.15, -0.1) is 0 Å². The molecular weight excluding hydrogens is 246 g/mol. The minimum Gasteiger partial charge on any atom is -0.478 e. The van der Waals surface area contributed by atoms with E-state index in [-0.39, 0.29) is 23.5 Å². The minimum atomic E-state index is -0.994. The molecule has 2 rings (SSSR count). The highest BCUT2D eigenvalue weighted by atomic mass is 16.5. The summed E-state index contributed by atoms with van der Waals surface area (Å²) >= 11 is 0. The first-order chi connectivity index (χ1) is 8.99. The van der Waals surface area contributed by atoms with Crippen molar-refractivity contribution in [3.63, 3.8) is 0 Å². The van der Waals surface area contributed by atoms with Crippen LogP contribution < -0.4 is 5.32 Å². The van der Waals surface area contributed by atoms with Gasteiger partial charge in [0, 0.05) is 5.69 Å². The Morgan fingerprint density at radius 2 is 2.16 bits per heavy atom. The van der Waals surface area contributed by atoms with Gasteiger partial charge in [-0.25, -0.2) is 4.79 Å². The van der Waals surface area contributed by atoms with Gasteiger partial charge in [-0.1, -0.05) is 6.07 Å². The van der Waals surface area contributed by atoms with Gasteiger partial charge in [-0.3, -0.25) is 4.79 Å². The van der Waals surface area contributed by atoms with E-state index in [2.05, 4.69) is 5.32 Å². The Kier molecular flexibility index (Phi) is 3.85. The minimum absolute atomic E-state index is 0.0993. The molecule has 19 heavy (non-hydrogen) atoms. The molecule has 0 saturated carbocycles. The Hall–Kier alpha value is -1.88. The molecule has 1 aliphatic heterocycles. The molecule has 1 heterocycles. The van der Waals surface area contributed by atoms with Crippen LogP contribution in [-0.4, -0.2) is 29.7 Å². The van der Waals surface area contributed by atoms with Crippen LogP contribution in [-0.2, 0) is 9.53 Å². The van der Waals surface area contributed by atoms with Crippen molar-refractivity contribution in [2.24, 2.45) is 5.92 Å². The number of nitrogens with one attached hydrogen (secondary N) is 1. The molecule has 1 aromatic rings. The Morgan fingerprint density at radius 3 is 2.74 bits per heavy atom. The van der Waals surface area contributed by atoms with Crippen LogP contribution >= 0.6 is 0 Å². The first-order valence-electron chi connectivity index (χ1n) is 6.24. The lowest BCUT2D eigenvalue weighted by Gasteiger charge is -2.13. The monoisotopic (exact) mass is 263 g/mol. The number of anilines is 1. The largest absolute Gasteiger partial charge is 0.478 e. The smallest absolute Gasteiger partial charge is 0.336 e. The van der Waals surface area contributed by atoms with Crippen LogP contribution in [0.2, 0.25) is 0 Å². The number of carboxylic acid groups (broad SMARTS) is 1. The third kappa shape index (κ3) is 2.93. The third-order valence-corrected chi connectivity index (χ3v) is 3.39. The zero-order valence-corrected chi connectivity index (χ0v) is 11.0. The van der Waals surface area contributed by atoms with Gasteiger partial charge in [0.05, 0.1) is 24.2 Å². The van der Waals surface area contributed by atoms with Crippen LogP contribution in [0.4, 0.5) is 5.69 Å². The van der Waals surface area contributed by atoms with Gasteiger partial charge >= 0.3 is 5.97 Å². The van der Waals surface area contributed by atoms with Crippen LogP contribution in [0.25, 0.3) is 0 Å². The predicted octanol–water partition coefficient (Wildman–Crippen LogP) is 2.06. The first kappa shape index (κ1) is 13.5. The molecule has 0 radical (unpaired) electrons. The summed E-state index contributed by atoms with van der Waals surface area (Å²) in [6.07, 6.45) is 0.797. The molecule has 102 valence electrons. The molecule has 2 atom stereocenters. The van der Waals surface area contributed by atoms with Crippen molar-refractivity contribution in [1.82, 2.24) is 0 Å². The summed E-state index contributed by atoms with van der Waals surface area (Å²) in [5.41, 5.74) is 1.31. The van der Waals surface area contributed by atoms with Crippen LogP contribution in [0.1, 0.15) is 29.3 Å². The number of ether oxygens (including phenoxy) is 1. The molecule has 5 nitrogen and oxygen atoms in total. The SMILES string of the molecule is Cc1c(NC(=O)C2COC(C)C2)cccc1C(=O)O. The van der Waals surface area contributed by atoms with Crippen LogP contribution in [0.15, 0.2) is 18.2 Å². The second-order valence-electron chi connectivity index (χ2n) is 4.85. The topological polar surface area (TPSA) is 75.6 Å². The molecule has 1 aliphatic rings. The van der Waals surface area contributed by atoms with Crippen molar-refractivity contribution >= 4 is 17.6 Å². The number of rotatable bonds is 3. The highest BCUT2D eigenvalue weighted by Crippen LogP contribution is 2.23. The predicted molar refractivity (Wildman–Crippen MR) is 70.3 cm³/mol. The molecule has 1 aromatic carbocycles. The van der Waals surface area contributed by atoms with Crippen LogP contribution in [0.3, 0.4) is 0 Å². The maximum atomic E-state index is 12.1. The van der Waals surface area contributed by atoms with Gasteiger partial charge in [0.1, 0.15) is 0 Å². The first-order valence-corrected chi connectivity index (χ1v) is 6.24. The highest BCUT2D eigenvalue weighted by molar-refractivity contribution is 5.97. The summed E-state index contributed by atoms with van der Waals surface area (Å²) in [6, 6.07) is 4.85. The number of hydrogen-bond acceptors (Lipinski definition) is 3. The molecule has 0 bridgehead atoms. The van der Waals surface area contributed by atoms with Gasteiger partial charge in [0.2, 0.25) is 5.91 Å². The lowest BCUT2D eigenvalue weighted by molar-refractivity contribution is -0.119. The van der Waals surface area contributed by atoms with Gasteiger partial charge in [-0.2, -0.15) is 0 Å². The van der Waals surface area contributed by atoms with E-state index in [1.807, 2.05) is 6.92 Å². The fourth-order valence-electron chi connectivity index (χ4n) is 2.24. The van der Waals surface area contributed by atoms with Crippen molar-refractivity contribution in [2.75, 3.05) is 11.9 Å². The Morgan fingerprint density at radius 1 is 1.42 bits per heavy atom. The van der Waals surface area contributed by atoms with Gasteiger partial charge in [0.25, 0.3) is 0 Å². The number of amides is 1.